The smallest absolute Gasteiger partial charge is 0.223 e. The maximum absolute atomic E-state index is 12.0. The fourth-order valence-electron chi connectivity index (χ4n) is 2.28. The molecule has 1 saturated heterocycles. The van der Waals surface area contributed by atoms with Gasteiger partial charge in [0.25, 0.3) is 0 Å². The molecule has 0 atom stereocenters. The molecule has 2 rings (SSSR count). The predicted octanol–water partition coefficient (Wildman–Crippen LogP) is 0.368. The van der Waals surface area contributed by atoms with Crippen molar-refractivity contribution in [2.24, 2.45) is 5.73 Å². The van der Waals surface area contributed by atoms with E-state index in [1.807, 2.05) is 6.92 Å². The van der Waals surface area contributed by atoms with E-state index in [0.717, 1.165) is 0 Å². The third-order valence-corrected chi connectivity index (χ3v) is 5.52. The second-order valence-electron chi connectivity index (χ2n) is 5.01. The van der Waals surface area contributed by atoms with Gasteiger partial charge in [0.1, 0.15) is 0 Å². The average Bonchev–Trinajstić information content (AvgIpc) is 2.77. The van der Waals surface area contributed by atoms with Crippen molar-refractivity contribution in [3.63, 3.8) is 0 Å². The Labute approximate surface area is 113 Å². The van der Waals surface area contributed by atoms with Gasteiger partial charge < -0.3 is 10.3 Å². The zero-order valence-electron chi connectivity index (χ0n) is 11.3. The van der Waals surface area contributed by atoms with Gasteiger partial charge in [-0.15, -0.1) is 0 Å². The van der Waals surface area contributed by atoms with Crippen LogP contribution in [-0.2, 0) is 15.6 Å². The van der Waals surface area contributed by atoms with E-state index < -0.39 is 15.6 Å². The minimum Gasteiger partial charge on any atom is -0.340 e. The van der Waals surface area contributed by atoms with Crippen molar-refractivity contribution < 1.29 is 12.9 Å². The Balaban J connectivity index is 2.06. The average molecular weight is 288 g/mol. The van der Waals surface area contributed by atoms with Gasteiger partial charge in [-0.25, -0.2) is 12.7 Å². The third kappa shape index (κ3) is 2.96. The Morgan fingerprint density at radius 1 is 1.42 bits per heavy atom. The highest BCUT2D eigenvalue weighted by Gasteiger charge is 2.39. The van der Waals surface area contributed by atoms with Gasteiger partial charge in [-0.3, -0.25) is 0 Å². The molecule has 19 heavy (non-hydrogen) atoms. The predicted molar refractivity (Wildman–Crippen MR) is 69.8 cm³/mol. The Morgan fingerprint density at radius 3 is 2.53 bits per heavy atom. The number of aryl methyl sites for hydroxylation is 1. The monoisotopic (exact) mass is 288 g/mol. The minimum atomic E-state index is -3.15. The summed E-state index contributed by atoms with van der Waals surface area (Å²) in [6.07, 6.45) is 1.64. The maximum atomic E-state index is 12.0. The maximum Gasteiger partial charge on any atom is 0.223 e. The van der Waals surface area contributed by atoms with Crippen LogP contribution in [0.5, 0.6) is 0 Å². The van der Waals surface area contributed by atoms with Crippen molar-refractivity contribution in [1.29, 1.82) is 0 Å². The number of piperidine rings is 1. The second kappa shape index (κ2) is 5.18. The zero-order valence-corrected chi connectivity index (χ0v) is 12.1. The molecular formula is C11H20N4O3S. The molecule has 7 nitrogen and oxygen atoms in total. The van der Waals surface area contributed by atoms with Crippen molar-refractivity contribution >= 4 is 10.0 Å². The number of rotatable bonds is 4. The van der Waals surface area contributed by atoms with E-state index in [1.165, 1.54) is 4.31 Å². The van der Waals surface area contributed by atoms with Gasteiger partial charge in [-0.05, 0) is 19.3 Å². The molecule has 1 aliphatic heterocycles. The highest BCUT2D eigenvalue weighted by Crippen LogP contribution is 2.29. The highest BCUT2D eigenvalue weighted by atomic mass is 32.2. The Morgan fingerprint density at radius 2 is 2.05 bits per heavy atom. The molecule has 108 valence electrons. The number of nitrogens with zero attached hydrogens (tertiary/aromatic N) is 3. The summed E-state index contributed by atoms with van der Waals surface area (Å²) in [5.41, 5.74) is 5.58. The molecule has 0 aromatic carbocycles. The van der Waals surface area contributed by atoms with E-state index in [4.69, 9.17) is 10.3 Å². The third-order valence-electron chi connectivity index (χ3n) is 3.44. The molecule has 1 fully saturated rings. The molecule has 1 aliphatic rings. The molecule has 2 N–H and O–H groups in total. The first kappa shape index (κ1) is 14.4. The molecule has 8 heteroatoms. The topological polar surface area (TPSA) is 102 Å². The Kier molecular flexibility index (Phi) is 3.93. The first-order valence-corrected chi connectivity index (χ1v) is 8.06. The standard InChI is InChI=1S/C11H20N4O3S/c1-3-8-19(16,17)15-6-4-11(12,5-7-15)10-13-9(2)18-14-10/h3-8,12H2,1-2H3. The summed E-state index contributed by atoms with van der Waals surface area (Å²) in [4.78, 5) is 4.16. The molecule has 2 heterocycles. The Hall–Kier alpha value is -0.990. The molecule has 0 bridgehead atoms. The van der Waals surface area contributed by atoms with Gasteiger partial charge in [-0.1, -0.05) is 12.1 Å². The summed E-state index contributed by atoms with van der Waals surface area (Å²) in [7, 11) is -3.15. The lowest BCUT2D eigenvalue weighted by Gasteiger charge is -2.36. The molecule has 0 unspecified atom stereocenters. The van der Waals surface area contributed by atoms with Gasteiger partial charge in [0.15, 0.2) is 5.82 Å². The van der Waals surface area contributed by atoms with Crippen molar-refractivity contribution in [2.45, 2.75) is 38.6 Å². The van der Waals surface area contributed by atoms with Gasteiger partial charge in [0.2, 0.25) is 15.9 Å². The molecule has 0 saturated carbocycles. The lowest BCUT2D eigenvalue weighted by Crippen LogP contribution is -2.50. The van der Waals surface area contributed by atoms with Gasteiger partial charge in [0.05, 0.1) is 11.3 Å². The summed E-state index contributed by atoms with van der Waals surface area (Å²) < 4.78 is 30.4. The summed E-state index contributed by atoms with van der Waals surface area (Å²) in [6.45, 7) is 4.39. The fourth-order valence-corrected chi connectivity index (χ4v) is 3.79. The van der Waals surface area contributed by atoms with Crippen LogP contribution in [0.25, 0.3) is 0 Å². The van der Waals surface area contributed by atoms with E-state index >= 15 is 0 Å². The van der Waals surface area contributed by atoms with Gasteiger partial charge in [-0.2, -0.15) is 4.98 Å². The molecule has 1 aromatic rings. The second-order valence-corrected chi connectivity index (χ2v) is 7.10. The quantitative estimate of drug-likeness (QED) is 0.858. The summed E-state index contributed by atoms with van der Waals surface area (Å²) >= 11 is 0. The van der Waals surface area contributed by atoms with Crippen LogP contribution in [0.15, 0.2) is 4.52 Å². The zero-order chi connectivity index (χ0) is 14.1. The van der Waals surface area contributed by atoms with Gasteiger partial charge in [0, 0.05) is 20.0 Å². The molecule has 0 spiro atoms. The van der Waals surface area contributed by atoms with Crippen LogP contribution in [0.2, 0.25) is 0 Å². The van der Waals surface area contributed by atoms with Crippen molar-refractivity contribution in [2.75, 3.05) is 18.8 Å². The molecule has 0 amide bonds. The molecule has 1 aromatic heterocycles. The lowest BCUT2D eigenvalue weighted by molar-refractivity contribution is 0.222. The summed E-state index contributed by atoms with van der Waals surface area (Å²) in [5.74, 6) is 1.13. The van der Waals surface area contributed by atoms with E-state index in [-0.39, 0.29) is 5.75 Å². The van der Waals surface area contributed by atoms with Crippen LogP contribution in [-0.4, -0.2) is 41.7 Å². The van der Waals surface area contributed by atoms with Crippen LogP contribution < -0.4 is 5.73 Å². The number of aromatic nitrogens is 2. The van der Waals surface area contributed by atoms with Crippen molar-refractivity contribution in [1.82, 2.24) is 14.4 Å². The van der Waals surface area contributed by atoms with E-state index in [2.05, 4.69) is 10.1 Å². The molecular weight excluding hydrogens is 268 g/mol. The number of sulfonamides is 1. The van der Waals surface area contributed by atoms with Crippen LogP contribution in [0.1, 0.15) is 37.9 Å². The van der Waals surface area contributed by atoms with Crippen molar-refractivity contribution in [3.8, 4) is 0 Å². The van der Waals surface area contributed by atoms with E-state index in [9.17, 15) is 8.42 Å². The van der Waals surface area contributed by atoms with Crippen LogP contribution in [0, 0.1) is 6.92 Å². The largest absolute Gasteiger partial charge is 0.340 e. The fraction of sp³-hybridized carbons (Fsp3) is 0.818. The molecule has 0 aliphatic carbocycles. The Bertz CT molecular complexity index is 532. The minimum absolute atomic E-state index is 0.186. The van der Waals surface area contributed by atoms with Crippen molar-refractivity contribution in [3.05, 3.63) is 11.7 Å². The first-order chi connectivity index (χ1) is 8.87. The number of hydrogen-bond acceptors (Lipinski definition) is 6. The molecule has 0 radical (unpaired) electrons. The SMILES string of the molecule is CCCS(=O)(=O)N1CCC(N)(c2noc(C)n2)CC1. The van der Waals surface area contributed by atoms with Crippen LogP contribution in [0.3, 0.4) is 0 Å². The van der Waals surface area contributed by atoms with Crippen LogP contribution >= 0.6 is 0 Å². The normalized spacial score (nSPS) is 20.6. The highest BCUT2D eigenvalue weighted by molar-refractivity contribution is 7.89. The number of hydrogen-bond donors (Lipinski definition) is 1. The van der Waals surface area contributed by atoms with E-state index in [1.54, 1.807) is 6.92 Å². The lowest BCUT2D eigenvalue weighted by atomic mass is 9.89. The van der Waals surface area contributed by atoms with E-state index in [0.29, 0.717) is 44.1 Å². The summed E-state index contributed by atoms with van der Waals surface area (Å²) in [6, 6.07) is 0. The number of nitrogens with two attached hydrogens (primary N) is 1. The van der Waals surface area contributed by atoms with Gasteiger partial charge >= 0.3 is 0 Å². The van der Waals surface area contributed by atoms with Crippen LogP contribution in [0.4, 0.5) is 0 Å². The first-order valence-electron chi connectivity index (χ1n) is 6.45. The summed E-state index contributed by atoms with van der Waals surface area (Å²) in [5, 5.41) is 3.86.